The quantitative estimate of drug-likeness (QED) is 0.909. The molecule has 0 atom stereocenters. The van der Waals surface area contributed by atoms with E-state index in [0.717, 1.165) is 24.6 Å². The average molecular weight is 271 g/mol. The van der Waals surface area contributed by atoms with Gasteiger partial charge in [-0.1, -0.05) is 37.3 Å². The van der Waals surface area contributed by atoms with Crippen molar-refractivity contribution in [3.8, 4) is 0 Å². The normalized spacial score (nSPS) is 10.8. The number of aromatic amines is 1. The van der Waals surface area contributed by atoms with Crippen molar-refractivity contribution in [3.63, 3.8) is 0 Å². The van der Waals surface area contributed by atoms with Crippen LogP contribution in [-0.2, 0) is 13.0 Å². The van der Waals surface area contributed by atoms with E-state index in [1.807, 2.05) is 25.1 Å². The maximum absolute atomic E-state index is 11.7. The van der Waals surface area contributed by atoms with Gasteiger partial charge in [-0.2, -0.15) is 0 Å². The SMILES string of the molecule is CCc1nc(N(Cc2ccccc2)C(C)C)cc(=O)[nH]1. The van der Waals surface area contributed by atoms with E-state index in [0.29, 0.717) is 0 Å². The molecule has 0 spiro atoms. The van der Waals surface area contributed by atoms with Gasteiger partial charge in [-0.05, 0) is 19.4 Å². The maximum Gasteiger partial charge on any atom is 0.252 e. The summed E-state index contributed by atoms with van der Waals surface area (Å²) in [6.07, 6.45) is 0.723. The van der Waals surface area contributed by atoms with E-state index in [-0.39, 0.29) is 11.6 Å². The second-order valence-electron chi connectivity index (χ2n) is 5.11. The molecule has 0 bridgehead atoms. The van der Waals surface area contributed by atoms with Crippen molar-refractivity contribution >= 4 is 5.82 Å². The molecular weight excluding hydrogens is 250 g/mol. The molecule has 106 valence electrons. The second kappa shape index (κ2) is 6.37. The molecule has 1 aromatic heterocycles. The van der Waals surface area contributed by atoms with Gasteiger partial charge in [-0.25, -0.2) is 4.98 Å². The van der Waals surface area contributed by atoms with Gasteiger partial charge in [-0.15, -0.1) is 0 Å². The van der Waals surface area contributed by atoms with E-state index < -0.39 is 0 Å². The van der Waals surface area contributed by atoms with Gasteiger partial charge in [0.25, 0.3) is 5.56 Å². The fraction of sp³-hybridized carbons (Fsp3) is 0.375. The van der Waals surface area contributed by atoms with E-state index in [4.69, 9.17) is 0 Å². The van der Waals surface area contributed by atoms with Crippen LogP contribution < -0.4 is 10.5 Å². The van der Waals surface area contributed by atoms with Gasteiger partial charge in [-0.3, -0.25) is 4.79 Å². The molecule has 0 aliphatic rings. The monoisotopic (exact) mass is 271 g/mol. The smallest absolute Gasteiger partial charge is 0.252 e. The van der Waals surface area contributed by atoms with E-state index in [2.05, 4.69) is 40.8 Å². The molecule has 0 saturated carbocycles. The van der Waals surface area contributed by atoms with Crippen molar-refractivity contribution in [2.75, 3.05) is 4.90 Å². The van der Waals surface area contributed by atoms with Gasteiger partial charge >= 0.3 is 0 Å². The summed E-state index contributed by atoms with van der Waals surface area (Å²) in [4.78, 5) is 21.2. The van der Waals surface area contributed by atoms with Crippen molar-refractivity contribution in [2.45, 2.75) is 39.8 Å². The Bertz CT molecular complexity index is 605. The van der Waals surface area contributed by atoms with Crippen molar-refractivity contribution in [1.29, 1.82) is 0 Å². The van der Waals surface area contributed by atoms with Crippen LogP contribution in [0.15, 0.2) is 41.2 Å². The molecule has 0 amide bonds. The lowest BCUT2D eigenvalue weighted by atomic mass is 10.2. The van der Waals surface area contributed by atoms with Crippen LogP contribution in [0.4, 0.5) is 5.82 Å². The molecule has 0 radical (unpaired) electrons. The van der Waals surface area contributed by atoms with Crippen LogP contribution in [0, 0.1) is 0 Å². The summed E-state index contributed by atoms with van der Waals surface area (Å²) in [5, 5.41) is 0. The fourth-order valence-electron chi connectivity index (χ4n) is 2.12. The van der Waals surface area contributed by atoms with Crippen LogP contribution >= 0.6 is 0 Å². The first kappa shape index (κ1) is 14.3. The van der Waals surface area contributed by atoms with Gasteiger partial charge in [0.2, 0.25) is 0 Å². The Hall–Kier alpha value is -2.10. The predicted octanol–water partition coefficient (Wildman–Crippen LogP) is 2.75. The molecule has 1 aromatic carbocycles. The van der Waals surface area contributed by atoms with Crippen LogP contribution in [0.5, 0.6) is 0 Å². The molecule has 1 N–H and O–H groups in total. The minimum Gasteiger partial charge on any atom is -0.350 e. The van der Waals surface area contributed by atoms with Crippen molar-refractivity contribution in [3.05, 3.63) is 58.1 Å². The van der Waals surface area contributed by atoms with Crippen molar-refractivity contribution < 1.29 is 0 Å². The van der Waals surface area contributed by atoms with Gasteiger partial charge in [0.1, 0.15) is 11.6 Å². The van der Waals surface area contributed by atoms with Crippen LogP contribution in [0.2, 0.25) is 0 Å². The van der Waals surface area contributed by atoms with E-state index in [1.165, 1.54) is 5.56 Å². The molecule has 0 saturated heterocycles. The van der Waals surface area contributed by atoms with Crippen LogP contribution in [-0.4, -0.2) is 16.0 Å². The van der Waals surface area contributed by atoms with Crippen molar-refractivity contribution in [1.82, 2.24) is 9.97 Å². The number of H-pyrrole nitrogens is 1. The summed E-state index contributed by atoms with van der Waals surface area (Å²) in [7, 11) is 0. The Labute approximate surface area is 119 Å². The summed E-state index contributed by atoms with van der Waals surface area (Å²) in [6.45, 7) is 6.95. The summed E-state index contributed by atoms with van der Waals surface area (Å²) < 4.78 is 0. The topological polar surface area (TPSA) is 49.0 Å². The number of aromatic nitrogens is 2. The lowest BCUT2D eigenvalue weighted by Crippen LogP contribution is -2.32. The van der Waals surface area contributed by atoms with Crippen LogP contribution in [0.1, 0.15) is 32.2 Å². The number of aryl methyl sites for hydroxylation is 1. The number of rotatable bonds is 5. The number of benzene rings is 1. The highest BCUT2D eigenvalue weighted by Crippen LogP contribution is 2.16. The predicted molar refractivity (Wildman–Crippen MR) is 82.0 cm³/mol. The minimum absolute atomic E-state index is 0.0921. The zero-order valence-corrected chi connectivity index (χ0v) is 12.3. The first-order chi connectivity index (χ1) is 9.60. The fourth-order valence-corrected chi connectivity index (χ4v) is 2.12. The Balaban J connectivity index is 2.34. The third kappa shape index (κ3) is 3.47. The summed E-state index contributed by atoms with van der Waals surface area (Å²) in [6, 6.07) is 12.1. The third-order valence-corrected chi connectivity index (χ3v) is 3.23. The van der Waals surface area contributed by atoms with Crippen LogP contribution in [0.25, 0.3) is 0 Å². The highest BCUT2D eigenvalue weighted by molar-refractivity contribution is 5.40. The minimum atomic E-state index is -0.0921. The van der Waals surface area contributed by atoms with Gasteiger partial charge in [0, 0.05) is 25.1 Å². The first-order valence-electron chi connectivity index (χ1n) is 7.01. The molecule has 1 heterocycles. The Kier molecular flexibility index (Phi) is 4.56. The zero-order chi connectivity index (χ0) is 14.5. The molecule has 20 heavy (non-hydrogen) atoms. The lowest BCUT2D eigenvalue weighted by Gasteiger charge is -2.28. The van der Waals surface area contributed by atoms with Gasteiger partial charge < -0.3 is 9.88 Å². The maximum atomic E-state index is 11.7. The van der Waals surface area contributed by atoms with Gasteiger partial charge in [0.15, 0.2) is 0 Å². The molecule has 2 rings (SSSR count). The number of nitrogens with zero attached hydrogens (tertiary/aromatic N) is 2. The number of nitrogens with one attached hydrogen (secondary N) is 1. The Morgan fingerprint density at radius 1 is 1.25 bits per heavy atom. The molecular formula is C16H21N3O. The van der Waals surface area contributed by atoms with E-state index in [9.17, 15) is 4.79 Å². The molecule has 0 unspecified atom stereocenters. The van der Waals surface area contributed by atoms with E-state index in [1.54, 1.807) is 6.07 Å². The molecule has 0 aliphatic carbocycles. The lowest BCUT2D eigenvalue weighted by molar-refractivity contribution is 0.666. The molecule has 0 aliphatic heterocycles. The highest BCUT2D eigenvalue weighted by atomic mass is 16.1. The molecule has 0 fully saturated rings. The molecule has 4 heteroatoms. The average Bonchev–Trinajstić information content (AvgIpc) is 2.44. The zero-order valence-electron chi connectivity index (χ0n) is 12.3. The summed E-state index contributed by atoms with van der Waals surface area (Å²) >= 11 is 0. The van der Waals surface area contributed by atoms with E-state index >= 15 is 0 Å². The first-order valence-corrected chi connectivity index (χ1v) is 7.01. The van der Waals surface area contributed by atoms with Crippen molar-refractivity contribution in [2.24, 2.45) is 0 Å². The summed E-state index contributed by atoms with van der Waals surface area (Å²) in [5.41, 5.74) is 1.12. The third-order valence-electron chi connectivity index (χ3n) is 3.23. The van der Waals surface area contributed by atoms with Crippen LogP contribution in [0.3, 0.4) is 0 Å². The van der Waals surface area contributed by atoms with Gasteiger partial charge in [0.05, 0.1) is 0 Å². The highest BCUT2D eigenvalue weighted by Gasteiger charge is 2.14. The second-order valence-corrected chi connectivity index (χ2v) is 5.11. The Morgan fingerprint density at radius 3 is 2.55 bits per heavy atom. The molecule has 4 nitrogen and oxygen atoms in total. The number of hydrogen-bond acceptors (Lipinski definition) is 3. The Morgan fingerprint density at radius 2 is 1.95 bits per heavy atom. The summed E-state index contributed by atoms with van der Waals surface area (Å²) in [5.74, 6) is 1.47. The standard InChI is InChI=1S/C16H21N3O/c1-4-14-17-15(10-16(20)18-14)19(12(2)3)11-13-8-6-5-7-9-13/h5-10,12H,4,11H2,1-3H3,(H,17,18,20). The number of anilines is 1. The molecule has 2 aromatic rings. The number of hydrogen-bond donors (Lipinski definition) is 1. The largest absolute Gasteiger partial charge is 0.350 e.